The van der Waals surface area contributed by atoms with Crippen LogP contribution in [-0.4, -0.2) is 45.8 Å². The fraction of sp³-hybridized carbons (Fsp3) is 0.791. The molecular formula is C43H69NO3. The van der Waals surface area contributed by atoms with E-state index in [0.717, 1.165) is 57.9 Å². The minimum Gasteiger partial charge on any atom is -0.393 e. The summed E-state index contributed by atoms with van der Waals surface area (Å²) in [7, 11) is 0. The number of hydrogen-bond donors (Lipinski definition) is 2. The van der Waals surface area contributed by atoms with Crippen molar-refractivity contribution in [2.24, 2.45) is 17.3 Å². The van der Waals surface area contributed by atoms with Crippen molar-refractivity contribution in [2.45, 2.75) is 193 Å². The van der Waals surface area contributed by atoms with Crippen LogP contribution < -0.4 is 0 Å². The lowest BCUT2D eigenvalue weighted by molar-refractivity contribution is -0.141. The number of benzene rings is 1. The van der Waals surface area contributed by atoms with Crippen LogP contribution in [0, 0.1) is 24.2 Å². The van der Waals surface area contributed by atoms with Crippen molar-refractivity contribution >= 4 is 5.91 Å². The highest BCUT2D eigenvalue weighted by Gasteiger charge is 2.50. The number of likely N-dealkylation sites (tertiary alicyclic amines) is 1. The number of aliphatic hydroxyl groups is 2. The van der Waals surface area contributed by atoms with Gasteiger partial charge in [0.25, 0.3) is 0 Å². The maximum atomic E-state index is 13.8. The molecule has 1 saturated heterocycles. The van der Waals surface area contributed by atoms with Gasteiger partial charge in [-0.2, -0.15) is 0 Å². The second kappa shape index (κ2) is 16.8. The molecule has 264 valence electrons. The summed E-state index contributed by atoms with van der Waals surface area (Å²) in [6, 6.07) is 4.58. The Bertz CT molecular complexity index is 1210. The molecule has 0 bridgehead atoms. The number of unbranched alkanes of at least 4 members (excludes halogenated alkanes) is 12. The van der Waals surface area contributed by atoms with Gasteiger partial charge in [-0.25, -0.2) is 0 Å². The van der Waals surface area contributed by atoms with Gasteiger partial charge < -0.3 is 15.1 Å². The van der Waals surface area contributed by atoms with E-state index in [1.807, 2.05) is 0 Å². The normalized spacial score (nSPS) is 30.8. The van der Waals surface area contributed by atoms with E-state index in [9.17, 15) is 15.0 Å². The van der Waals surface area contributed by atoms with Crippen molar-refractivity contribution in [3.63, 3.8) is 0 Å². The van der Waals surface area contributed by atoms with Crippen LogP contribution in [0.3, 0.4) is 0 Å². The van der Waals surface area contributed by atoms with Crippen LogP contribution in [0.5, 0.6) is 0 Å². The average molecular weight is 648 g/mol. The average Bonchev–Trinajstić information content (AvgIpc) is 3.44. The lowest BCUT2D eigenvalue weighted by atomic mass is 9.57. The van der Waals surface area contributed by atoms with Gasteiger partial charge in [-0.1, -0.05) is 129 Å². The number of carbonyl (C=O) groups excluding carboxylic acids is 1. The van der Waals surface area contributed by atoms with Crippen LogP contribution in [0.4, 0.5) is 0 Å². The van der Waals surface area contributed by atoms with Crippen molar-refractivity contribution in [1.82, 2.24) is 4.90 Å². The van der Waals surface area contributed by atoms with Crippen molar-refractivity contribution < 1.29 is 15.0 Å². The van der Waals surface area contributed by atoms with E-state index in [1.54, 1.807) is 0 Å². The molecule has 8 atom stereocenters. The van der Waals surface area contributed by atoms with Gasteiger partial charge in [-0.15, -0.1) is 0 Å². The molecule has 4 nitrogen and oxygen atoms in total. The number of hydrogen-bond acceptors (Lipinski definition) is 3. The van der Waals surface area contributed by atoms with Crippen molar-refractivity contribution in [3.05, 3.63) is 46.0 Å². The number of allylic oxidation sites excluding steroid dienone is 1. The summed E-state index contributed by atoms with van der Waals surface area (Å²) in [5.41, 5.74) is 7.44. The molecule has 4 heteroatoms. The van der Waals surface area contributed by atoms with Crippen molar-refractivity contribution in [2.75, 3.05) is 6.54 Å². The summed E-state index contributed by atoms with van der Waals surface area (Å²) in [6.45, 7) is 12.3. The third-order valence-electron chi connectivity index (χ3n) is 13.3. The molecule has 1 aromatic rings. The van der Waals surface area contributed by atoms with Crippen molar-refractivity contribution in [3.8, 4) is 0 Å². The molecule has 0 radical (unpaired) electrons. The number of amides is 1. The van der Waals surface area contributed by atoms with Crippen LogP contribution in [0.25, 0.3) is 0 Å². The van der Waals surface area contributed by atoms with Gasteiger partial charge in [0.2, 0.25) is 5.91 Å². The minimum atomic E-state index is -0.487. The van der Waals surface area contributed by atoms with E-state index in [0.29, 0.717) is 24.2 Å². The maximum absolute atomic E-state index is 13.8. The molecule has 2 N–H and O–H groups in total. The molecule has 1 saturated carbocycles. The first-order valence-electron chi connectivity index (χ1n) is 20.1. The lowest BCUT2D eigenvalue weighted by Crippen LogP contribution is -2.55. The number of aliphatic hydroxyl groups excluding tert-OH is 2. The molecule has 0 aromatic heterocycles. The first kappa shape index (κ1) is 36.6. The fourth-order valence-electron chi connectivity index (χ4n) is 10.5. The fourth-order valence-corrected chi connectivity index (χ4v) is 10.5. The smallest absolute Gasteiger partial charge is 0.222 e. The van der Waals surface area contributed by atoms with Gasteiger partial charge in [-0.05, 0) is 97.3 Å². The largest absolute Gasteiger partial charge is 0.393 e. The molecule has 4 aliphatic rings. The number of carbonyl (C=O) groups is 1. The zero-order valence-electron chi connectivity index (χ0n) is 30.9. The number of nitrogens with zero attached hydrogens (tertiary/aromatic N) is 1. The highest BCUT2D eigenvalue weighted by atomic mass is 16.3. The van der Waals surface area contributed by atoms with Gasteiger partial charge in [0.15, 0.2) is 0 Å². The van der Waals surface area contributed by atoms with Gasteiger partial charge >= 0.3 is 0 Å². The predicted molar refractivity (Wildman–Crippen MR) is 196 cm³/mol. The van der Waals surface area contributed by atoms with Crippen molar-refractivity contribution in [1.29, 1.82) is 0 Å². The van der Waals surface area contributed by atoms with E-state index in [2.05, 4.69) is 57.7 Å². The molecule has 2 fully saturated rings. The summed E-state index contributed by atoms with van der Waals surface area (Å²) in [4.78, 5) is 15.8. The molecule has 5 rings (SSSR count). The zero-order valence-corrected chi connectivity index (χ0v) is 30.9. The molecule has 1 heterocycles. The van der Waals surface area contributed by atoms with E-state index in [1.165, 1.54) is 98.5 Å². The molecule has 1 amide bonds. The Labute approximate surface area is 288 Å². The number of rotatable bonds is 16. The quantitative estimate of drug-likeness (QED) is 0.139. The second-order valence-corrected chi connectivity index (χ2v) is 16.8. The highest BCUT2D eigenvalue weighted by Crippen LogP contribution is 2.60. The molecule has 0 spiro atoms. The summed E-state index contributed by atoms with van der Waals surface area (Å²) in [5.74, 6) is 1.83. The Morgan fingerprint density at radius 1 is 0.957 bits per heavy atom. The topological polar surface area (TPSA) is 60.8 Å². The molecule has 1 aliphatic heterocycles. The van der Waals surface area contributed by atoms with Crippen LogP contribution in [0.1, 0.15) is 184 Å². The maximum Gasteiger partial charge on any atom is 0.222 e. The summed E-state index contributed by atoms with van der Waals surface area (Å²) in [5, 5.41) is 21.9. The molecular weight excluding hydrogens is 578 g/mol. The zero-order chi connectivity index (χ0) is 33.6. The molecule has 1 aromatic carbocycles. The second-order valence-electron chi connectivity index (χ2n) is 16.8. The SMILES string of the molecule is CCCCCCCCCCCCCCCC(=O)N1C[C@@H](C)C[C@@H](O)[C@@H]1[C@@H](C)c1ccc2c(c1C)C[C@H]1[C@H]2CC=C2C[C@@H](O)CC[C@@]21C. The van der Waals surface area contributed by atoms with Gasteiger partial charge in [0.1, 0.15) is 0 Å². The minimum absolute atomic E-state index is 0.0927. The molecule has 3 aliphatic carbocycles. The predicted octanol–water partition coefficient (Wildman–Crippen LogP) is 10.3. The van der Waals surface area contributed by atoms with Crippen LogP contribution in [-0.2, 0) is 11.2 Å². The first-order chi connectivity index (χ1) is 22.7. The molecule has 0 unspecified atom stereocenters. The Morgan fingerprint density at radius 3 is 2.26 bits per heavy atom. The third-order valence-corrected chi connectivity index (χ3v) is 13.3. The standard InChI is InChI=1S/C43H69NO3/c1-6-7-8-9-10-11-12-13-14-15-16-17-18-19-41(47)44-29-30(2)26-40(46)42(44)32(4)35-22-23-36-37-21-20-33-27-34(45)24-25-43(33,5)39(37)28-38(36)31(35)3/h20,22-23,30,32,34,37,39-40,42,45-46H,6-19,21,24-29H2,1-5H3/t30-,32-,34-,37-,39-,40+,42-,43-/m0/s1. The first-order valence-corrected chi connectivity index (χ1v) is 20.1. The van der Waals surface area contributed by atoms with E-state index >= 15 is 0 Å². The Balaban J connectivity index is 1.15. The van der Waals surface area contributed by atoms with E-state index in [-0.39, 0.29) is 29.4 Å². The number of piperidine rings is 1. The van der Waals surface area contributed by atoms with E-state index in [4.69, 9.17) is 0 Å². The lowest BCUT2D eigenvalue weighted by Gasteiger charge is -2.48. The Hall–Kier alpha value is -1.65. The Morgan fingerprint density at radius 2 is 1.60 bits per heavy atom. The van der Waals surface area contributed by atoms with Gasteiger partial charge in [-0.3, -0.25) is 4.79 Å². The summed E-state index contributed by atoms with van der Waals surface area (Å²) >= 11 is 0. The molecule has 47 heavy (non-hydrogen) atoms. The monoisotopic (exact) mass is 648 g/mol. The number of fused-ring (bicyclic) bond motifs is 5. The van der Waals surface area contributed by atoms with Crippen LogP contribution >= 0.6 is 0 Å². The summed E-state index contributed by atoms with van der Waals surface area (Å²) < 4.78 is 0. The van der Waals surface area contributed by atoms with Crippen LogP contribution in [0.15, 0.2) is 23.8 Å². The third kappa shape index (κ3) is 8.39. The van der Waals surface area contributed by atoms with Gasteiger partial charge in [0, 0.05) is 18.9 Å². The van der Waals surface area contributed by atoms with Gasteiger partial charge in [0.05, 0.1) is 18.2 Å². The highest BCUT2D eigenvalue weighted by molar-refractivity contribution is 5.77. The van der Waals surface area contributed by atoms with Crippen LogP contribution in [0.2, 0.25) is 0 Å². The van der Waals surface area contributed by atoms with E-state index < -0.39 is 6.10 Å². The Kier molecular flexibility index (Phi) is 13.1. The summed E-state index contributed by atoms with van der Waals surface area (Å²) in [6.07, 6.45) is 25.3.